The summed E-state index contributed by atoms with van der Waals surface area (Å²) in [7, 11) is 0. The van der Waals surface area contributed by atoms with E-state index in [0.717, 1.165) is 0 Å². The topological polar surface area (TPSA) is 72.6 Å². The first kappa shape index (κ1) is 16.4. The maximum atomic E-state index is 12.1. The third-order valence-electron chi connectivity index (χ3n) is 3.37. The Bertz CT molecular complexity index is 613. The second-order valence-corrected chi connectivity index (χ2v) is 6.06. The molecule has 1 aromatic rings. The standard InChI is InChI=1S/C16H19ClN2O3/c1-10(2)7-13(16(18)21)19-9-11(8-15(19)20)22-14-6-4-3-5-12(14)17/h3-6,8,10,13H,7,9H2,1-2H3,(H2,18,21)/t13-/m0/s1. The molecule has 0 saturated heterocycles. The van der Waals surface area contributed by atoms with Crippen LogP contribution in [0.3, 0.4) is 0 Å². The minimum atomic E-state index is -0.629. The van der Waals surface area contributed by atoms with E-state index >= 15 is 0 Å². The molecule has 2 N–H and O–H groups in total. The third kappa shape index (κ3) is 3.80. The van der Waals surface area contributed by atoms with E-state index in [1.54, 1.807) is 24.3 Å². The zero-order valence-corrected chi connectivity index (χ0v) is 13.3. The van der Waals surface area contributed by atoms with Crippen molar-refractivity contribution in [3.05, 3.63) is 41.1 Å². The molecule has 2 amide bonds. The van der Waals surface area contributed by atoms with E-state index in [2.05, 4.69) is 0 Å². The van der Waals surface area contributed by atoms with E-state index in [1.807, 2.05) is 13.8 Å². The summed E-state index contributed by atoms with van der Waals surface area (Å²) in [5.41, 5.74) is 5.43. The Balaban J connectivity index is 2.10. The van der Waals surface area contributed by atoms with Crippen LogP contribution in [0.1, 0.15) is 20.3 Å². The predicted octanol–water partition coefficient (Wildman–Crippen LogP) is 2.34. The molecule has 0 bridgehead atoms. The summed E-state index contributed by atoms with van der Waals surface area (Å²) in [4.78, 5) is 25.2. The highest BCUT2D eigenvalue weighted by atomic mass is 35.5. The van der Waals surface area contributed by atoms with Crippen molar-refractivity contribution < 1.29 is 14.3 Å². The van der Waals surface area contributed by atoms with Crippen LogP contribution in [0.25, 0.3) is 0 Å². The number of carbonyl (C=O) groups is 2. The van der Waals surface area contributed by atoms with E-state index in [1.165, 1.54) is 11.0 Å². The fourth-order valence-corrected chi connectivity index (χ4v) is 2.52. The van der Waals surface area contributed by atoms with Crippen LogP contribution in [-0.2, 0) is 9.59 Å². The average molecular weight is 323 g/mol. The highest BCUT2D eigenvalue weighted by molar-refractivity contribution is 6.32. The molecule has 0 aromatic heterocycles. The number of carbonyl (C=O) groups excluding carboxylic acids is 2. The van der Waals surface area contributed by atoms with Crippen molar-refractivity contribution in [2.75, 3.05) is 6.54 Å². The second-order valence-electron chi connectivity index (χ2n) is 5.66. The van der Waals surface area contributed by atoms with Gasteiger partial charge in [-0.05, 0) is 24.5 Å². The van der Waals surface area contributed by atoms with Crippen LogP contribution in [0, 0.1) is 5.92 Å². The Labute approximate surface area is 134 Å². The number of nitrogens with zero attached hydrogens (tertiary/aromatic N) is 1. The van der Waals surface area contributed by atoms with E-state index in [4.69, 9.17) is 22.1 Å². The molecule has 1 aliphatic heterocycles. The molecule has 0 fully saturated rings. The molecule has 22 heavy (non-hydrogen) atoms. The lowest BCUT2D eigenvalue weighted by atomic mass is 10.0. The third-order valence-corrected chi connectivity index (χ3v) is 3.68. The number of ether oxygens (including phenoxy) is 1. The van der Waals surface area contributed by atoms with Gasteiger partial charge >= 0.3 is 0 Å². The first-order chi connectivity index (χ1) is 10.4. The molecule has 1 heterocycles. The lowest BCUT2D eigenvalue weighted by Crippen LogP contribution is -2.46. The molecule has 5 nitrogen and oxygen atoms in total. The molecule has 1 atom stereocenters. The van der Waals surface area contributed by atoms with Gasteiger partial charge in [-0.25, -0.2) is 0 Å². The van der Waals surface area contributed by atoms with Gasteiger partial charge < -0.3 is 15.4 Å². The van der Waals surface area contributed by atoms with Crippen LogP contribution < -0.4 is 10.5 Å². The first-order valence-electron chi connectivity index (χ1n) is 7.11. The van der Waals surface area contributed by atoms with Gasteiger partial charge in [0.25, 0.3) is 5.91 Å². The minimum Gasteiger partial charge on any atom is -0.458 e. The van der Waals surface area contributed by atoms with Crippen LogP contribution >= 0.6 is 11.6 Å². The first-order valence-corrected chi connectivity index (χ1v) is 7.49. The smallest absolute Gasteiger partial charge is 0.251 e. The van der Waals surface area contributed by atoms with Crippen LogP contribution in [0.15, 0.2) is 36.1 Å². The molecule has 1 aliphatic rings. The van der Waals surface area contributed by atoms with E-state index < -0.39 is 11.9 Å². The molecule has 2 rings (SSSR count). The monoisotopic (exact) mass is 322 g/mol. The van der Waals surface area contributed by atoms with Crippen molar-refractivity contribution in [3.8, 4) is 5.75 Å². The van der Waals surface area contributed by atoms with E-state index in [0.29, 0.717) is 23.0 Å². The lowest BCUT2D eigenvalue weighted by Gasteiger charge is -2.26. The molecular weight excluding hydrogens is 304 g/mol. The molecule has 118 valence electrons. The Hall–Kier alpha value is -2.01. The van der Waals surface area contributed by atoms with Gasteiger partial charge in [-0.2, -0.15) is 0 Å². The van der Waals surface area contributed by atoms with Gasteiger partial charge in [0, 0.05) is 6.08 Å². The lowest BCUT2D eigenvalue weighted by molar-refractivity contribution is -0.134. The van der Waals surface area contributed by atoms with Gasteiger partial charge in [-0.1, -0.05) is 37.6 Å². The van der Waals surface area contributed by atoms with Gasteiger partial charge in [0.1, 0.15) is 17.6 Å². The molecule has 0 radical (unpaired) electrons. The summed E-state index contributed by atoms with van der Waals surface area (Å²) in [6.07, 6.45) is 1.90. The number of para-hydroxylation sites is 1. The van der Waals surface area contributed by atoms with Crippen LogP contribution in [0.2, 0.25) is 5.02 Å². The summed E-state index contributed by atoms with van der Waals surface area (Å²) in [5, 5.41) is 0.461. The minimum absolute atomic E-state index is 0.213. The maximum absolute atomic E-state index is 12.1. The maximum Gasteiger partial charge on any atom is 0.251 e. The average Bonchev–Trinajstić information content (AvgIpc) is 2.79. The van der Waals surface area contributed by atoms with Gasteiger partial charge in [-0.15, -0.1) is 0 Å². The SMILES string of the molecule is CC(C)C[C@@H](C(N)=O)N1CC(Oc2ccccc2Cl)=CC1=O. The van der Waals surface area contributed by atoms with Crippen molar-refractivity contribution in [2.24, 2.45) is 11.7 Å². The molecule has 0 aliphatic carbocycles. The van der Waals surface area contributed by atoms with Gasteiger partial charge in [0.15, 0.2) is 0 Å². The summed E-state index contributed by atoms with van der Waals surface area (Å²) in [6, 6.07) is 6.38. The van der Waals surface area contributed by atoms with Crippen LogP contribution in [0.4, 0.5) is 0 Å². The molecule has 0 unspecified atom stereocenters. The number of hydrogen-bond donors (Lipinski definition) is 1. The van der Waals surface area contributed by atoms with E-state index in [9.17, 15) is 9.59 Å². The second kappa shape index (κ2) is 6.83. The fraction of sp³-hybridized carbons (Fsp3) is 0.375. The Morgan fingerprint density at radius 3 is 2.68 bits per heavy atom. The fourth-order valence-electron chi connectivity index (χ4n) is 2.35. The molecule has 6 heteroatoms. The number of benzene rings is 1. The summed E-state index contributed by atoms with van der Waals surface area (Å²) in [5.74, 6) is 0.400. The highest BCUT2D eigenvalue weighted by Gasteiger charge is 2.33. The summed E-state index contributed by atoms with van der Waals surface area (Å²) in [6.45, 7) is 4.17. The summed E-state index contributed by atoms with van der Waals surface area (Å²) < 4.78 is 5.66. The molecule has 0 saturated carbocycles. The van der Waals surface area contributed by atoms with Gasteiger partial charge in [0.2, 0.25) is 5.91 Å². The van der Waals surface area contributed by atoms with Gasteiger partial charge in [-0.3, -0.25) is 9.59 Å². The largest absolute Gasteiger partial charge is 0.458 e. The predicted molar refractivity (Wildman–Crippen MR) is 84.3 cm³/mol. The molecule has 1 aromatic carbocycles. The number of amides is 2. The number of primary amides is 1. The number of nitrogens with two attached hydrogens (primary N) is 1. The molecule has 0 spiro atoms. The Morgan fingerprint density at radius 1 is 1.41 bits per heavy atom. The van der Waals surface area contributed by atoms with Crippen molar-refractivity contribution >= 4 is 23.4 Å². The highest BCUT2D eigenvalue weighted by Crippen LogP contribution is 2.27. The normalized spacial score (nSPS) is 15.9. The Morgan fingerprint density at radius 2 is 2.09 bits per heavy atom. The van der Waals surface area contributed by atoms with Crippen molar-refractivity contribution in [1.82, 2.24) is 4.90 Å². The zero-order chi connectivity index (χ0) is 16.3. The molecular formula is C16H19ClN2O3. The van der Waals surface area contributed by atoms with E-state index in [-0.39, 0.29) is 18.4 Å². The number of rotatable bonds is 6. The number of halogens is 1. The van der Waals surface area contributed by atoms with Crippen molar-refractivity contribution in [1.29, 1.82) is 0 Å². The summed E-state index contributed by atoms with van der Waals surface area (Å²) >= 11 is 6.03. The van der Waals surface area contributed by atoms with Gasteiger partial charge in [0.05, 0.1) is 11.6 Å². The zero-order valence-electron chi connectivity index (χ0n) is 12.6. The Kier molecular flexibility index (Phi) is 5.08. The quantitative estimate of drug-likeness (QED) is 0.873. The van der Waals surface area contributed by atoms with Crippen LogP contribution in [-0.4, -0.2) is 29.3 Å². The number of hydrogen-bond acceptors (Lipinski definition) is 3. The van der Waals surface area contributed by atoms with Crippen molar-refractivity contribution in [2.45, 2.75) is 26.3 Å². The van der Waals surface area contributed by atoms with Crippen LogP contribution in [0.5, 0.6) is 5.75 Å². The van der Waals surface area contributed by atoms with Crippen molar-refractivity contribution in [3.63, 3.8) is 0 Å².